The third kappa shape index (κ3) is 8.19. The molecule has 13 heteroatoms. The minimum atomic E-state index is -3.79. The molecule has 1 aliphatic heterocycles. The van der Waals surface area contributed by atoms with Gasteiger partial charge in [-0.3, -0.25) is 9.59 Å². The van der Waals surface area contributed by atoms with E-state index in [-0.39, 0.29) is 29.2 Å². The van der Waals surface area contributed by atoms with E-state index in [2.05, 4.69) is 25.6 Å². The highest BCUT2D eigenvalue weighted by Gasteiger charge is 2.24. The Morgan fingerprint density at radius 1 is 0.959 bits per heavy atom. The van der Waals surface area contributed by atoms with E-state index in [0.29, 0.717) is 47.7 Å². The van der Waals surface area contributed by atoms with Gasteiger partial charge in [0.15, 0.2) is 5.65 Å². The Balaban J connectivity index is 1.07. The molecule has 1 saturated heterocycles. The largest absolute Gasteiger partial charge is 0.350 e. The molecule has 0 saturated carbocycles. The summed E-state index contributed by atoms with van der Waals surface area (Å²) in [7, 11) is 0.103. The van der Waals surface area contributed by atoms with Crippen molar-refractivity contribution in [3.05, 3.63) is 109 Å². The monoisotopic (exact) mass is 678 g/mol. The third-order valence-corrected chi connectivity index (χ3v) is 9.93. The van der Waals surface area contributed by atoms with Gasteiger partial charge < -0.3 is 20.4 Å². The minimum absolute atomic E-state index is 0.0467. The van der Waals surface area contributed by atoms with E-state index in [1.807, 2.05) is 60.3 Å². The number of likely N-dealkylation sites (tertiary alicyclic amines) is 1. The molecule has 2 aromatic carbocycles. The summed E-state index contributed by atoms with van der Waals surface area (Å²) in [4.78, 5) is 42.6. The van der Waals surface area contributed by atoms with Crippen LogP contribution in [0.5, 0.6) is 0 Å². The molecular formula is C36H38N8O4S. The Hall–Kier alpha value is -5.40. The van der Waals surface area contributed by atoms with Crippen molar-refractivity contribution < 1.29 is 18.0 Å². The van der Waals surface area contributed by atoms with Gasteiger partial charge in [0.05, 0.1) is 17.0 Å². The van der Waals surface area contributed by atoms with Crippen LogP contribution in [0.2, 0.25) is 0 Å². The summed E-state index contributed by atoms with van der Waals surface area (Å²) >= 11 is 0. The first-order valence-corrected chi connectivity index (χ1v) is 17.5. The summed E-state index contributed by atoms with van der Waals surface area (Å²) in [6, 6.07) is 21.3. The first-order valence-electron chi connectivity index (χ1n) is 16.0. The second-order valence-electron chi connectivity index (χ2n) is 12.2. The van der Waals surface area contributed by atoms with Gasteiger partial charge in [0.25, 0.3) is 10.0 Å². The molecule has 6 rings (SSSR count). The van der Waals surface area contributed by atoms with Crippen molar-refractivity contribution >= 4 is 44.4 Å². The van der Waals surface area contributed by atoms with Crippen molar-refractivity contribution in [3.63, 3.8) is 0 Å². The number of carbonyl (C=O) groups is 2. The van der Waals surface area contributed by atoms with Crippen LogP contribution in [0, 0.1) is 0 Å². The van der Waals surface area contributed by atoms with Gasteiger partial charge in [-0.2, -0.15) is 0 Å². The Labute approximate surface area is 285 Å². The Bertz CT molecular complexity index is 2090. The summed E-state index contributed by atoms with van der Waals surface area (Å²) in [5, 5.41) is 7.00. The lowest BCUT2D eigenvalue weighted by Gasteiger charge is -2.32. The lowest BCUT2D eigenvalue weighted by Crippen LogP contribution is -2.46. The summed E-state index contributed by atoms with van der Waals surface area (Å²) in [6.07, 6.45) is 9.66. The van der Waals surface area contributed by atoms with E-state index in [1.165, 1.54) is 16.5 Å². The number of nitrogens with one attached hydrogen (secondary N) is 2. The highest BCUT2D eigenvalue weighted by molar-refractivity contribution is 7.90. The standard InChI is InChI=1S/C36H38N8O4S/c1-42(2)16-7-12-34(45)41-29-14-17-43(18-15-29)35(46)21-26-8-6-9-30(20-26)40-33-23-32(38-25-39-33)28-22-27-13-19-44(36(27)37-24-28)49(47,48)31-10-4-3-5-11-31/h3-13,19-20,22-25,29H,14-18,21H2,1-2H3,(H,41,45)(H,38,39,40). The zero-order chi connectivity index (χ0) is 34.4. The van der Waals surface area contributed by atoms with Crippen molar-refractivity contribution in [3.8, 4) is 11.3 Å². The van der Waals surface area contributed by atoms with E-state index >= 15 is 0 Å². The first kappa shape index (κ1) is 33.5. The predicted molar refractivity (Wildman–Crippen MR) is 189 cm³/mol. The molecule has 4 heterocycles. The Morgan fingerprint density at radius 3 is 2.53 bits per heavy atom. The molecule has 0 atom stereocenters. The molecule has 252 valence electrons. The van der Waals surface area contributed by atoms with Gasteiger partial charge in [-0.15, -0.1) is 0 Å². The number of anilines is 2. The first-order chi connectivity index (χ1) is 23.7. The third-order valence-electron chi connectivity index (χ3n) is 8.24. The molecule has 0 aliphatic carbocycles. The molecule has 2 amide bonds. The van der Waals surface area contributed by atoms with Crippen LogP contribution < -0.4 is 10.6 Å². The minimum Gasteiger partial charge on any atom is -0.350 e. The maximum Gasteiger partial charge on any atom is 0.269 e. The molecular weight excluding hydrogens is 641 g/mol. The van der Waals surface area contributed by atoms with Crippen LogP contribution in [0.3, 0.4) is 0 Å². The predicted octanol–water partition coefficient (Wildman–Crippen LogP) is 4.24. The van der Waals surface area contributed by atoms with Gasteiger partial charge >= 0.3 is 0 Å². The summed E-state index contributed by atoms with van der Waals surface area (Å²) < 4.78 is 27.6. The van der Waals surface area contributed by atoms with Crippen molar-refractivity contribution in [1.82, 2.24) is 34.0 Å². The summed E-state index contributed by atoms with van der Waals surface area (Å²) in [6.45, 7) is 1.90. The number of piperidine rings is 1. The molecule has 2 N–H and O–H groups in total. The number of hydrogen-bond donors (Lipinski definition) is 2. The number of hydrogen-bond acceptors (Lipinski definition) is 9. The number of rotatable bonds is 11. The maximum absolute atomic E-state index is 13.2. The van der Waals surface area contributed by atoms with Crippen LogP contribution in [-0.2, 0) is 26.0 Å². The number of pyridine rings is 1. The fourth-order valence-corrected chi connectivity index (χ4v) is 7.04. The molecule has 49 heavy (non-hydrogen) atoms. The molecule has 5 aromatic rings. The number of amides is 2. The van der Waals surface area contributed by atoms with Crippen LogP contribution in [0.1, 0.15) is 18.4 Å². The fourth-order valence-electron chi connectivity index (χ4n) is 5.71. The van der Waals surface area contributed by atoms with E-state index in [9.17, 15) is 18.0 Å². The number of aromatic nitrogens is 4. The molecule has 3 aromatic heterocycles. The molecule has 0 bridgehead atoms. The van der Waals surface area contributed by atoms with Gasteiger partial charge in [-0.25, -0.2) is 27.3 Å². The molecule has 0 radical (unpaired) electrons. The highest BCUT2D eigenvalue weighted by Crippen LogP contribution is 2.27. The van der Waals surface area contributed by atoms with Crippen LogP contribution in [0.4, 0.5) is 11.5 Å². The van der Waals surface area contributed by atoms with Gasteiger partial charge in [0.1, 0.15) is 12.1 Å². The average molecular weight is 679 g/mol. The van der Waals surface area contributed by atoms with Gasteiger partial charge in [0.2, 0.25) is 11.8 Å². The molecule has 1 aliphatic rings. The van der Waals surface area contributed by atoms with E-state index in [1.54, 1.807) is 54.7 Å². The zero-order valence-corrected chi connectivity index (χ0v) is 28.2. The molecule has 0 unspecified atom stereocenters. The molecule has 12 nitrogen and oxygen atoms in total. The molecule has 1 fully saturated rings. The van der Waals surface area contributed by atoms with E-state index in [0.717, 1.165) is 24.1 Å². The van der Waals surface area contributed by atoms with Gasteiger partial charge in [0, 0.05) is 66.8 Å². The second kappa shape index (κ2) is 14.8. The highest BCUT2D eigenvalue weighted by atomic mass is 32.2. The topological polar surface area (TPSA) is 142 Å². The van der Waals surface area contributed by atoms with Gasteiger partial charge in [-0.05, 0) is 68.9 Å². The normalized spacial score (nSPS) is 14.1. The number of likely N-dealkylation sites (N-methyl/N-ethyl adjacent to an activating group) is 1. The number of carbonyl (C=O) groups excluding carboxylic acids is 2. The van der Waals surface area contributed by atoms with Gasteiger partial charge in [-0.1, -0.05) is 36.4 Å². The smallest absolute Gasteiger partial charge is 0.269 e. The van der Waals surface area contributed by atoms with E-state index < -0.39 is 10.0 Å². The summed E-state index contributed by atoms with van der Waals surface area (Å²) in [5.41, 5.74) is 3.29. The van der Waals surface area contributed by atoms with Crippen LogP contribution in [-0.4, -0.2) is 88.7 Å². The summed E-state index contributed by atoms with van der Waals surface area (Å²) in [5.74, 6) is 0.500. The second-order valence-corrected chi connectivity index (χ2v) is 14.0. The van der Waals surface area contributed by atoms with Crippen molar-refractivity contribution in [1.29, 1.82) is 0 Å². The Kier molecular flexibility index (Phi) is 10.1. The maximum atomic E-state index is 13.2. The number of fused-ring (bicyclic) bond motifs is 1. The van der Waals surface area contributed by atoms with E-state index in [4.69, 9.17) is 0 Å². The number of benzene rings is 2. The Morgan fingerprint density at radius 2 is 1.76 bits per heavy atom. The lowest BCUT2D eigenvalue weighted by atomic mass is 10.0. The average Bonchev–Trinajstić information content (AvgIpc) is 3.54. The molecule has 0 spiro atoms. The fraction of sp³-hybridized carbons (Fsp3) is 0.250. The van der Waals surface area contributed by atoms with Crippen LogP contribution in [0.25, 0.3) is 22.3 Å². The van der Waals surface area contributed by atoms with Crippen molar-refractivity contribution in [2.24, 2.45) is 0 Å². The quantitative estimate of drug-likeness (QED) is 0.196. The van der Waals surface area contributed by atoms with Crippen molar-refractivity contribution in [2.45, 2.75) is 30.2 Å². The van der Waals surface area contributed by atoms with Crippen LogP contribution >= 0.6 is 0 Å². The van der Waals surface area contributed by atoms with Crippen molar-refractivity contribution in [2.75, 3.05) is 39.0 Å². The SMILES string of the molecule is CN(C)CC=CC(=O)NC1CCN(C(=O)Cc2cccc(Nc3cc(-c4cnc5c(ccn5S(=O)(=O)c5ccccc5)c4)ncn3)c2)CC1. The zero-order valence-electron chi connectivity index (χ0n) is 27.4. The number of nitrogens with zero attached hydrogens (tertiary/aromatic N) is 6. The lowest BCUT2D eigenvalue weighted by molar-refractivity contribution is -0.131. The van der Waals surface area contributed by atoms with Crippen LogP contribution in [0.15, 0.2) is 109 Å².